The first-order valence-corrected chi connectivity index (χ1v) is 11.6. The number of rotatable bonds is 4. The number of hydrogen-bond acceptors (Lipinski definition) is 6. The Morgan fingerprint density at radius 1 is 1.11 bits per heavy atom. The van der Waals surface area contributed by atoms with E-state index in [9.17, 15) is 17.9 Å². The Kier molecular flexibility index (Phi) is 5.22. The van der Waals surface area contributed by atoms with Gasteiger partial charge in [0.25, 0.3) is 10.0 Å². The van der Waals surface area contributed by atoms with Crippen molar-refractivity contribution in [2.75, 3.05) is 17.0 Å². The molecule has 0 unspecified atom stereocenters. The number of phenolic OH excluding ortho intramolecular Hbond substituents is 1. The summed E-state index contributed by atoms with van der Waals surface area (Å²) in [5.74, 6) is 0.462. The number of aliphatic imine (C=N–C) groups is 1. The van der Waals surface area contributed by atoms with Gasteiger partial charge in [-0.25, -0.2) is 12.8 Å². The summed E-state index contributed by atoms with van der Waals surface area (Å²) < 4.78 is 42.1. The second kappa shape index (κ2) is 7.65. The molecule has 4 rings (SSSR count). The lowest BCUT2D eigenvalue weighted by Crippen LogP contribution is -2.13. The molecule has 28 heavy (non-hydrogen) atoms. The Morgan fingerprint density at radius 2 is 1.82 bits per heavy atom. The van der Waals surface area contributed by atoms with E-state index in [1.807, 2.05) is 0 Å². The van der Waals surface area contributed by atoms with Gasteiger partial charge in [-0.15, -0.1) is 0 Å². The molecule has 0 fully saturated rings. The molecule has 144 valence electrons. The quantitative estimate of drug-likeness (QED) is 0.583. The van der Waals surface area contributed by atoms with Crippen molar-refractivity contribution in [3.05, 3.63) is 60.4 Å². The third-order valence-corrected chi connectivity index (χ3v) is 7.69. The number of thioether (sulfide) groups is 2. The topological polar surface area (TPSA) is 78.8 Å². The zero-order valence-corrected chi connectivity index (χ0v) is 16.9. The molecule has 0 radical (unpaired) electrons. The van der Waals surface area contributed by atoms with Gasteiger partial charge in [0.2, 0.25) is 0 Å². The maximum absolute atomic E-state index is 13.1. The molecular weight excluding hydrogens is 419 g/mol. The molecule has 3 aromatic carbocycles. The van der Waals surface area contributed by atoms with Gasteiger partial charge in [0.1, 0.15) is 15.9 Å². The summed E-state index contributed by atoms with van der Waals surface area (Å²) in [5.41, 5.74) is 0.337. The molecule has 5 nitrogen and oxygen atoms in total. The van der Waals surface area contributed by atoms with Gasteiger partial charge in [-0.05, 0) is 30.3 Å². The number of halogens is 1. The number of anilines is 1. The van der Waals surface area contributed by atoms with Crippen molar-refractivity contribution in [1.82, 2.24) is 0 Å². The van der Waals surface area contributed by atoms with Crippen LogP contribution < -0.4 is 4.72 Å². The predicted molar refractivity (Wildman–Crippen MR) is 113 cm³/mol. The lowest BCUT2D eigenvalue weighted by molar-refractivity contribution is 0.469. The maximum Gasteiger partial charge on any atom is 0.261 e. The van der Waals surface area contributed by atoms with Crippen LogP contribution in [0.15, 0.2) is 69.4 Å². The fourth-order valence-electron chi connectivity index (χ4n) is 2.79. The van der Waals surface area contributed by atoms with Crippen molar-refractivity contribution in [3.8, 4) is 5.75 Å². The monoisotopic (exact) mass is 434 g/mol. The SMILES string of the molecule is O=S(=O)(Nc1cc(SC2=NCCS2)c(O)c2ccccc12)c1ccc(F)cc1. The van der Waals surface area contributed by atoms with Gasteiger partial charge in [-0.3, -0.25) is 9.71 Å². The molecule has 0 saturated heterocycles. The van der Waals surface area contributed by atoms with E-state index >= 15 is 0 Å². The first kappa shape index (κ1) is 19.1. The number of fused-ring (bicyclic) bond motifs is 1. The Balaban J connectivity index is 1.79. The second-order valence-corrected chi connectivity index (χ2v) is 10.0. The highest BCUT2D eigenvalue weighted by Gasteiger charge is 2.20. The third kappa shape index (κ3) is 3.82. The minimum Gasteiger partial charge on any atom is -0.506 e. The van der Waals surface area contributed by atoms with Crippen LogP contribution in [-0.4, -0.2) is 30.2 Å². The lowest BCUT2D eigenvalue weighted by atomic mass is 10.1. The number of nitrogens with zero attached hydrogens (tertiary/aromatic N) is 1. The molecule has 0 aliphatic carbocycles. The molecule has 0 aromatic heterocycles. The van der Waals surface area contributed by atoms with Crippen LogP contribution in [-0.2, 0) is 10.0 Å². The summed E-state index contributed by atoms with van der Waals surface area (Å²) in [5, 5.41) is 11.8. The van der Waals surface area contributed by atoms with E-state index in [0.29, 0.717) is 21.4 Å². The average Bonchev–Trinajstić information content (AvgIpc) is 3.19. The summed E-state index contributed by atoms with van der Waals surface area (Å²) in [7, 11) is -3.92. The molecule has 0 saturated carbocycles. The zero-order chi connectivity index (χ0) is 19.7. The normalized spacial score (nSPS) is 14.2. The van der Waals surface area contributed by atoms with Crippen molar-refractivity contribution in [2.45, 2.75) is 9.79 Å². The molecule has 3 aromatic rings. The van der Waals surface area contributed by atoms with Gasteiger partial charge < -0.3 is 5.11 Å². The third-order valence-electron chi connectivity index (χ3n) is 4.10. The van der Waals surface area contributed by atoms with Gasteiger partial charge in [0, 0.05) is 16.5 Å². The predicted octanol–water partition coefficient (Wildman–Crippen LogP) is 4.68. The minimum absolute atomic E-state index is 0.0454. The fourth-order valence-corrected chi connectivity index (χ4v) is 5.88. The molecule has 0 atom stereocenters. The van der Waals surface area contributed by atoms with E-state index in [1.54, 1.807) is 42.1 Å². The van der Waals surface area contributed by atoms with Crippen molar-refractivity contribution in [3.63, 3.8) is 0 Å². The number of aromatic hydroxyl groups is 1. The summed E-state index contributed by atoms with van der Waals surface area (Å²) >= 11 is 2.91. The van der Waals surface area contributed by atoms with E-state index in [2.05, 4.69) is 9.71 Å². The smallest absolute Gasteiger partial charge is 0.261 e. The molecule has 0 spiro atoms. The molecule has 1 heterocycles. The summed E-state index contributed by atoms with van der Waals surface area (Å²) in [6.45, 7) is 0.728. The summed E-state index contributed by atoms with van der Waals surface area (Å²) in [6, 6.07) is 13.2. The zero-order valence-electron chi connectivity index (χ0n) is 14.4. The average molecular weight is 435 g/mol. The van der Waals surface area contributed by atoms with Crippen LogP contribution in [0.4, 0.5) is 10.1 Å². The van der Waals surface area contributed by atoms with Gasteiger partial charge in [-0.2, -0.15) is 0 Å². The number of sulfonamides is 1. The summed E-state index contributed by atoms with van der Waals surface area (Å²) in [6.07, 6.45) is 0. The molecule has 0 amide bonds. The number of hydrogen-bond donors (Lipinski definition) is 2. The van der Waals surface area contributed by atoms with Crippen molar-refractivity contribution < 1.29 is 17.9 Å². The Bertz CT molecular complexity index is 1180. The fraction of sp³-hybridized carbons (Fsp3) is 0.105. The van der Waals surface area contributed by atoms with Crippen LogP contribution in [0.25, 0.3) is 10.8 Å². The van der Waals surface area contributed by atoms with Crippen LogP contribution in [0.3, 0.4) is 0 Å². The molecule has 1 aliphatic rings. The largest absolute Gasteiger partial charge is 0.506 e. The molecule has 0 bridgehead atoms. The highest BCUT2D eigenvalue weighted by molar-refractivity contribution is 8.39. The lowest BCUT2D eigenvalue weighted by Gasteiger charge is -2.15. The van der Waals surface area contributed by atoms with Crippen LogP contribution in [0.1, 0.15) is 0 Å². The number of benzene rings is 3. The molecule has 9 heteroatoms. The highest BCUT2D eigenvalue weighted by atomic mass is 32.2. The molecule has 2 N–H and O–H groups in total. The first-order valence-electron chi connectivity index (χ1n) is 8.32. The minimum atomic E-state index is -3.92. The van der Waals surface area contributed by atoms with Crippen LogP contribution in [0.5, 0.6) is 5.75 Å². The van der Waals surface area contributed by atoms with E-state index in [0.717, 1.165) is 28.8 Å². The van der Waals surface area contributed by atoms with E-state index < -0.39 is 15.8 Å². The summed E-state index contributed by atoms with van der Waals surface area (Å²) in [4.78, 5) is 4.84. The maximum atomic E-state index is 13.1. The van der Waals surface area contributed by atoms with Gasteiger partial charge in [0.05, 0.1) is 22.0 Å². The number of nitrogens with one attached hydrogen (secondary N) is 1. The molecular formula is C19H15FN2O3S3. The second-order valence-electron chi connectivity index (χ2n) is 5.97. The first-order chi connectivity index (χ1) is 13.4. The van der Waals surface area contributed by atoms with E-state index in [-0.39, 0.29) is 10.6 Å². The Morgan fingerprint density at radius 3 is 2.50 bits per heavy atom. The van der Waals surface area contributed by atoms with Gasteiger partial charge in [-0.1, -0.05) is 47.8 Å². The Hall–Kier alpha value is -2.23. The van der Waals surface area contributed by atoms with Crippen molar-refractivity contribution in [1.29, 1.82) is 0 Å². The van der Waals surface area contributed by atoms with E-state index in [4.69, 9.17) is 0 Å². The van der Waals surface area contributed by atoms with Crippen molar-refractivity contribution >= 4 is 54.4 Å². The van der Waals surface area contributed by atoms with Crippen LogP contribution >= 0.6 is 23.5 Å². The Labute approximate surface area is 170 Å². The van der Waals surface area contributed by atoms with Crippen LogP contribution in [0.2, 0.25) is 0 Å². The van der Waals surface area contributed by atoms with Crippen LogP contribution in [0, 0.1) is 5.82 Å². The van der Waals surface area contributed by atoms with E-state index in [1.165, 1.54) is 23.9 Å². The van der Waals surface area contributed by atoms with Crippen molar-refractivity contribution in [2.24, 2.45) is 4.99 Å². The number of phenols is 1. The molecule has 1 aliphatic heterocycles. The highest BCUT2D eigenvalue weighted by Crippen LogP contribution is 2.42. The van der Waals surface area contributed by atoms with Gasteiger partial charge >= 0.3 is 0 Å². The van der Waals surface area contributed by atoms with Gasteiger partial charge in [0.15, 0.2) is 0 Å². The standard InChI is InChI=1S/C19H15FN2O3S3/c20-12-5-7-13(8-6-12)28(24,25)22-16-11-17(27-19-21-9-10-26-19)18(23)15-4-2-1-3-14(15)16/h1-8,11,22-23H,9-10H2.